The molecule has 1 aliphatic heterocycles. The Kier molecular flexibility index (Phi) is 4.11. The Labute approximate surface area is 100 Å². The van der Waals surface area contributed by atoms with Gasteiger partial charge in [0.1, 0.15) is 6.04 Å². The predicted octanol–water partition coefficient (Wildman–Crippen LogP) is -0.152. The van der Waals surface area contributed by atoms with E-state index in [-0.39, 0.29) is 25.3 Å². The van der Waals surface area contributed by atoms with Crippen LogP contribution in [0.3, 0.4) is 0 Å². The number of carboxylic acids is 1. The number of aliphatic hydroxyl groups excluding tert-OH is 1. The van der Waals surface area contributed by atoms with Crippen LogP contribution >= 0.6 is 0 Å². The molecule has 6 nitrogen and oxygen atoms in total. The van der Waals surface area contributed by atoms with Crippen molar-refractivity contribution in [3.05, 3.63) is 0 Å². The van der Waals surface area contributed by atoms with Crippen LogP contribution in [0.2, 0.25) is 0 Å². The van der Waals surface area contributed by atoms with Crippen molar-refractivity contribution in [2.24, 2.45) is 0 Å². The van der Waals surface area contributed by atoms with Gasteiger partial charge in [0.05, 0.1) is 18.1 Å². The molecule has 1 saturated heterocycles. The highest BCUT2D eigenvalue weighted by molar-refractivity contribution is 5.85. The average Bonchev–Trinajstić information content (AvgIpc) is 2.60. The SMILES string of the molecule is COC(C)(C)CC(=O)N1CC(O)C[C@H]1C(=O)O. The Morgan fingerprint density at radius 3 is 2.53 bits per heavy atom. The van der Waals surface area contributed by atoms with Crippen LogP contribution < -0.4 is 0 Å². The van der Waals surface area contributed by atoms with Gasteiger partial charge in [0.2, 0.25) is 5.91 Å². The zero-order valence-electron chi connectivity index (χ0n) is 10.3. The Hall–Kier alpha value is -1.14. The van der Waals surface area contributed by atoms with Gasteiger partial charge >= 0.3 is 5.97 Å². The molecule has 1 unspecified atom stereocenters. The van der Waals surface area contributed by atoms with Crippen molar-refractivity contribution >= 4 is 11.9 Å². The number of methoxy groups -OCH3 is 1. The van der Waals surface area contributed by atoms with E-state index in [1.807, 2.05) is 0 Å². The minimum atomic E-state index is -1.08. The Morgan fingerprint density at radius 1 is 1.47 bits per heavy atom. The summed E-state index contributed by atoms with van der Waals surface area (Å²) in [5.74, 6) is -1.38. The van der Waals surface area contributed by atoms with Gasteiger partial charge in [-0.1, -0.05) is 0 Å². The summed E-state index contributed by atoms with van der Waals surface area (Å²) in [4.78, 5) is 24.1. The van der Waals surface area contributed by atoms with Crippen LogP contribution in [-0.2, 0) is 14.3 Å². The van der Waals surface area contributed by atoms with Gasteiger partial charge in [0.15, 0.2) is 0 Å². The van der Waals surface area contributed by atoms with Gasteiger partial charge in [-0.05, 0) is 13.8 Å². The lowest BCUT2D eigenvalue weighted by Crippen LogP contribution is -2.43. The lowest BCUT2D eigenvalue weighted by Gasteiger charge is -2.27. The van der Waals surface area contributed by atoms with E-state index in [4.69, 9.17) is 9.84 Å². The van der Waals surface area contributed by atoms with Gasteiger partial charge < -0.3 is 19.8 Å². The monoisotopic (exact) mass is 245 g/mol. The second kappa shape index (κ2) is 5.01. The van der Waals surface area contributed by atoms with Crippen molar-refractivity contribution < 1.29 is 24.5 Å². The maximum Gasteiger partial charge on any atom is 0.326 e. The fourth-order valence-corrected chi connectivity index (χ4v) is 1.86. The number of hydrogen-bond donors (Lipinski definition) is 2. The quantitative estimate of drug-likeness (QED) is 0.719. The van der Waals surface area contributed by atoms with Crippen LogP contribution in [0.4, 0.5) is 0 Å². The fourth-order valence-electron chi connectivity index (χ4n) is 1.86. The summed E-state index contributed by atoms with van der Waals surface area (Å²) < 4.78 is 5.13. The van der Waals surface area contributed by atoms with Gasteiger partial charge in [0, 0.05) is 20.1 Å². The number of ether oxygens (including phenoxy) is 1. The number of aliphatic carboxylic acids is 1. The number of nitrogens with zero attached hydrogens (tertiary/aromatic N) is 1. The Balaban J connectivity index is 2.71. The molecule has 2 atom stereocenters. The van der Waals surface area contributed by atoms with Crippen LogP contribution in [0.15, 0.2) is 0 Å². The normalized spacial score (nSPS) is 25.1. The lowest BCUT2D eigenvalue weighted by molar-refractivity contribution is -0.150. The first-order valence-electron chi connectivity index (χ1n) is 5.52. The number of carbonyl (C=O) groups excluding carboxylic acids is 1. The smallest absolute Gasteiger partial charge is 0.326 e. The molecule has 17 heavy (non-hydrogen) atoms. The predicted molar refractivity (Wildman–Crippen MR) is 59.5 cm³/mol. The molecule has 1 aliphatic rings. The van der Waals surface area contributed by atoms with Crippen LogP contribution in [0.5, 0.6) is 0 Å². The summed E-state index contributed by atoms with van der Waals surface area (Å²) in [5, 5.41) is 18.4. The molecular weight excluding hydrogens is 226 g/mol. The third kappa shape index (κ3) is 3.41. The second-order valence-electron chi connectivity index (χ2n) is 4.93. The van der Waals surface area contributed by atoms with Crippen molar-refractivity contribution in [3.63, 3.8) is 0 Å². The zero-order chi connectivity index (χ0) is 13.2. The van der Waals surface area contributed by atoms with Crippen LogP contribution in [0.25, 0.3) is 0 Å². The summed E-state index contributed by atoms with van der Waals surface area (Å²) in [7, 11) is 1.50. The molecule has 1 fully saturated rings. The van der Waals surface area contributed by atoms with E-state index in [0.717, 1.165) is 0 Å². The van der Waals surface area contributed by atoms with Gasteiger partial charge in [-0.2, -0.15) is 0 Å². The van der Waals surface area contributed by atoms with Crippen molar-refractivity contribution in [2.75, 3.05) is 13.7 Å². The molecular formula is C11H19NO5. The molecule has 0 aromatic heterocycles. The molecule has 1 rings (SSSR count). The van der Waals surface area contributed by atoms with Crippen molar-refractivity contribution in [1.82, 2.24) is 4.90 Å². The third-order valence-corrected chi connectivity index (χ3v) is 3.01. The second-order valence-corrected chi connectivity index (χ2v) is 4.93. The summed E-state index contributed by atoms with van der Waals surface area (Å²) in [5.41, 5.74) is -0.631. The molecule has 0 aromatic carbocycles. The van der Waals surface area contributed by atoms with E-state index < -0.39 is 23.7 Å². The molecule has 0 bridgehead atoms. The maximum absolute atomic E-state index is 12.0. The third-order valence-electron chi connectivity index (χ3n) is 3.01. The van der Waals surface area contributed by atoms with E-state index in [1.165, 1.54) is 12.0 Å². The van der Waals surface area contributed by atoms with E-state index in [2.05, 4.69) is 0 Å². The minimum Gasteiger partial charge on any atom is -0.480 e. The van der Waals surface area contributed by atoms with Crippen molar-refractivity contribution in [3.8, 4) is 0 Å². The summed E-state index contributed by atoms with van der Waals surface area (Å²) in [6, 6.07) is -0.926. The van der Waals surface area contributed by atoms with Crippen LogP contribution in [0.1, 0.15) is 26.7 Å². The van der Waals surface area contributed by atoms with Crippen LogP contribution in [-0.4, -0.2) is 58.4 Å². The van der Waals surface area contributed by atoms with Gasteiger partial charge in [-0.15, -0.1) is 0 Å². The first-order chi connectivity index (χ1) is 7.76. The molecule has 2 N–H and O–H groups in total. The number of carboxylic acid groups (broad SMARTS) is 1. The molecule has 1 amide bonds. The fraction of sp³-hybridized carbons (Fsp3) is 0.818. The van der Waals surface area contributed by atoms with Crippen LogP contribution in [0, 0.1) is 0 Å². The minimum absolute atomic E-state index is 0.0790. The molecule has 0 radical (unpaired) electrons. The topological polar surface area (TPSA) is 87.1 Å². The summed E-state index contributed by atoms with van der Waals surface area (Å²) in [6.07, 6.45) is -0.570. The molecule has 6 heteroatoms. The molecule has 0 saturated carbocycles. The number of β-amino-alcohol motifs (C(OH)–C–C–N with tert-alkyl or cyclic N) is 1. The van der Waals surface area contributed by atoms with E-state index in [9.17, 15) is 14.7 Å². The van der Waals surface area contributed by atoms with Gasteiger partial charge in [-0.3, -0.25) is 4.79 Å². The Morgan fingerprint density at radius 2 is 2.06 bits per heavy atom. The van der Waals surface area contributed by atoms with E-state index in [1.54, 1.807) is 13.8 Å². The number of likely N-dealkylation sites (tertiary alicyclic amines) is 1. The molecule has 0 aromatic rings. The Bertz CT molecular complexity index is 315. The van der Waals surface area contributed by atoms with Crippen molar-refractivity contribution in [1.29, 1.82) is 0 Å². The zero-order valence-corrected chi connectivity index (χ0v) is 10.3. The molecule has 0 spiro atoms. The number of rotatable bonds is 4. The first kappa shape index (κ1) is 13.9. The summed E-state index contributed by atoms with van der Waals surface area (Å²) in [6.45, 7) is 3.59. The lowest BCUT2D eigenvalue weighted by atomic mass is 10.0. The maximum atomic E-state index is 12.0. The highest BCUT2D eigenvalue weighted by Crippen LogP contribution is 2.22. The highest BCUT2D eigenvalue weighted by atomic mass is 16.5. The van der Waals surface area contributed by atoms with E-state index >= 15 is 0 Å². The average molecular weight is 245 g/mol. The van der Waals surface area contributed by atoms with Gasteiger partial charge in [0.25, 0.3) is 0 Å². The van der Waals surface area contributed by atoms with E-state index in [0.29, 0.717) is 0 Å². The summed E-state index contributed by atoms with van der Waals surface area (Å²) >= 11 is 0. The van der Waals surface area contributed by atoms with Gasteiger partial charge in [-0.25, -0.2) is 4.79 Å². The molecule has 98 valence electrons. The molecule has 0 aliphatic carbocycles. The molecule has 1 heterocycles. The number of carbonyl (C=O) groups is 2. The number of hydrogen-bond acceptors (Lipinski definition) is 4. The largest absolute Gasteiger partial charge is 0.480 e. The van der Waals surface area contributed by atoms with Crippen molar-refractivity contribution in [2.45, 2.75) is 44.4 Å². The highest BCUT2D eigenvalue weighted by Gasteiger charge is 2.40. The first-order valence-corrected chi connectivity index (χ1v) is 5.52. The number of amides is 1. The number of aliphatic hydroxyl groups is 1. The standard InChI is InChI=1S/C11H19NO5/c1-11(2,17-3)5-9(14)12-6-7(13)4-8(12)10(15)16/h7-8,13H,4-6H2,1-3H3,(H,15,16)/t7?,8-/m0/s1.